The smallest absolute Gasteiger partial charge is 0.236 e. The van der Waals surface area contributed by atoms with Gasteiger partial charge in [0.1, 0.15) is 11.0 Å². The summed E-state index contributed by atoms with van der Waals surface area (Å²) in [4.78, 5) is 0. The summed E-state index contributed by atoms with van der Waals surface area (Å²) in [6.45, 7) is 11.5. The summed E-state index contributed by atoms with van der Waals surface area (Å²) in [6.07, 6.45) is 2.27. The summed E-state index contributed by atoms with van der Waals surface area (Å²) < 4.78 is 4.84. The molecule has 2 heteroatoms. The van der Waals surface area contributed by atoms with Gasteiger partial charge in [0, 0.05) is 21.8 Å². The van der Waals surface area contributed by atoms with Crippen LogP contribution in [0.2, 0.25) is 0 Å². The number of fused-ring (bicyclic) bond motifs is 5. The van der Waals surface area contributed by atoms with Crippen molar-refractivity contribution in [2.24, 2.45) is 7.05 Å². The molecule has 1 aliphatic rings. The van der Waals surface area contributed by atoms with Gasteiger partial charge in [-0.2, -0.15) is 4.57 Å². The molecule has 0 N–H and O–H groups in total. The van der Waals surface area contributed by atoms with Gasteiger partial charge in [-0.15, -0.1) is 0 Å². The van der Waals surface area contributed by atoms with Crippen molar-refractivity contribution in [1.82, 2.24) is 4.57 Å². The van der Waals surface area contributed by atoms with E-state index in [2.05, 4.69) is 93.4 Å². The minimum absolute atomic E-state index is 0.0268. The number of aryl methyl sites for hydroxylation is 3. The van der Waals surface area contributed by atoms with Crippen LogP contribution in [-0.4, -0.2) is 4.57 Å². The fraction of sp³-hybridized carbons (Fsp3) is 0.292. The number of pyridine rings is 1. The van der Waals surface area contributed by atoms with Gasteiger partial charge in [-0.25, -0.2) is 4.57 Å². The third-order valence-electron chi connectivity index (χ3n) is 6.43. The third kappa shape index (κ3) is 1.65. The van der Waals surface area contributed by atoms with E-state index in [4.69, 9.17) is 0 Å². The first-order valence-corrected chi connectivity index (χ1v) is 9.38. The number of hydrogen-bond acceptors (Lipinski definition) is 0. The standard InChI is InChI=1S/C24H25N2/c1-14-9-7-10-17-18-11-8-12-19-22(18)26(21(14)17)23-20(24(19,4)5)16(3)15(2)13-25(23)6/h7-13H,1-6H3/q+1. The summed E-state index contributed by atoms with van der Waals surface area (Å²) in [5, 5.41) is 2.71. The Morgan fingerprint density at radius 2 is 1.50 bits per heavy atom. The van der Waals surface area contributed by atoms with E-state index in [1.54, 1.807) is 0 Å². The minimum Gasteiger partial charge on any atom is -0.236 e. The molecule has 5 rings (SSSR count). The highest BCUT2D eigenvalue weighted by Crippen LogP contribution is 2.48. The number of hydrogen-bond donors (Lipinski definition) is 0. The maximum Gasteiger partial charge on any atom is 0.291 e. The monoisotopic (exact) mass is 341 g/mol. The van der Waals surface area contributed by atoms with E-state index in [9.17, 15) is 0 Å². The van der Waals surface area contributed by atoms with Gasteiger partial charge in [-0.05, 0) is 49.6 Å². The lowest BCUT2D eigenvalue weighted by Gasteiger charge is -2.33. The lowest BCUT2D eigenvalue weighted by Crippen LogP contribution is -2.41. The lowest BCUT2D eigenvalue weighted by atomic mass is 9.73. The zero-order valence-corrected chi connectivity index (χ0v) is 16.4. The zero-order chi connectivity index (χ0) is 18.4. The summed E-state index contributed by atoms with van der Waals surface area (Å²) >= 11 is 0. The fourth-order valence-electron chi connectivity index (χ4n) is 5.14. The normalized spacial score (nSPS) is 14.8. The molecule has 0 radical (unpaired) electrons. The second-order valence-corrected chi connectivity index (χ2v) is 8.38. The lowest BCUT2D eigenvalue weighted by molar-refractivity contribution is -0.666. The second kappa shape index (κ2) is 4.76. The molecule has 0 aliphatic carbocycles. The van der Waals surface area contributed by atoms with E-state index in [1.807, 2.05) is 0 Å². The number of para-hydroxylation sites is 2. The fourth-order valence-corrected chi connectivity index (χ4v) is 5.14. The Balaban J connectivity index is 2.18. The van der Waals surface area contributed by atoms with Crippen molar-refractivity contribution in [2.75, 3.05) is 0 Å². The number of aromatic nitrogens is 2. The van der Waals surface area contributed by atoms with E-state index in [1.165, 1.54) is 55.4 Å². The van der Waals surface area contributed by atoms with Crippen LogP contribution in [0, 0.1) is 20.8 Å². The largest absolute Gasteiger partial charge is 0.291 e. The van der Waals surface area contributed by atoms with Crippen molar-refractivity contribution >= 4 is 21.8 Å². The van der Waals surface area contributed by atoms with Crippen LogP contribution in [0.5, 0.6) is 0 Å². The van der Waals surface area contributed by atoms with Crippen LogP contribution < -0.4 is 4.57 Å². The Bertz CT molecular complexity index is 1240. The van der Waals surface area contributed by atoms with Gasteiger partial charge < -0.3 is 0 Å². The Morgan fingerprint density at radius 3 is 2.23 bits per heavy atom. The molecule has 2 aromatic carbocycles. The van der Waals surface area contributed by atoms with E-state index in [0.717, 1.165) is 0 Å². The van der Waals surface area contributed by atoms with Crippen LogP contribution in [-0.2, 0) is 12.5 Å². The van der Waals surface area contributed by atoms with Crippen molar-refractivity contribution in [3.63, 3.8) is 0 Å². The second-order valence-electron chi connectivity index (χ2n) is 8.38. The number of rotatable bonds is 0. The summed E-state index contributed by atoms with van der Waals surface area (Å²) in [6, 6.07) is 13.5. The quantitative estimate of drug-likeness (QED) is 0.390. The van der Waals surface area contributed by atoms with Crippen LogP contribution in [0.15, 0.2) is 42.6 Å². The van der Waals surface area contributed by atoms with E-state index in [-0.39, 0.29) is 5.41 Å². The third-order valence-corrected chi connectivity index (χ3v) is 6.43. The molecular formula is C24H25N2+. The molecule has 0 bridgehead atoms. The summed E-state index contributed by atoms with van der Waals surface area (Å²) in [5.74, 6) is 1.31. The molecule has 2 aromatic heterocycles. The number of benzene rings is 2. The molecule has 0 saturated heterocycles. The van der Waals surface area contributed by atoms with Crippen LogP contribution in [0.1, 0.15) is 41.7 Å². The Kier molecular flexibility index (Phi) is 2.86. The Morgan fingerprint density at radius 1 is 0.846 bits per heavy atom. The van der Waals surface area contributed by atoms with E-state index in [0.29, 0.717) is 0 Å². The predicted octanol–water partition coefficient (Wildman–Crippen LogP) is 5.17. The summed E-state index contributed by atoms with van der Waals surface area (Å²) in [7, 11) is 2.19. The highest BCUT2D eigenvalue weighted by molar-refractivity contribution is 6.12. The first kappa shape index (κ1) is 15.6. The van der Waals surface area contributed by atoms with Crippen molar-refractivity contribution < 1.29 is 4.57 Å². The topological polar surface area (TPSA) is 8.81 Å². The van der Waals surface area contributed by atoms with E-state index < -0.39 is 0 Å². The van der Waals surface area contributed by atoms with Crippen molar-refractivity contribution in [3.05, 3.63) is 70.4 Å². The Labute approximate surface area is 154 Å². The van der Waals surface area contributed by atoms with Crippen LogP contribution in [0.25, 0.3) is 27.6 Å². The average Bonchev–Trinajstić information content (AvgIpc) is 2.93. The van der Waals surface area contributed by atoms with Gasteiger partial charge in [0.2, 0.25) is 0 Å². The van der Waals surface area contributed by atoms with E-state index >= 15 is 0 Å². The van der Waals surface area contributed by atoms with Gasteiger partial charge in [0.05, 0.1) is 18.8 Å². The molecule has 2 nitrogen and oxygen atoms in total. The maximum absolute atomic E-state index is 2.52. The molecule has 0 unspecified atom stereocenters. The van der Waals surface area contributed by atoms with Gasteiger partial charge in [0.25, 0.3) is 5.82 Å². The first-order valence-electron chi connectivity index (χ1n) is 9.38. The Hall–Kier alpha value is -2.61. The van der Waals surface area contributed by atoms with Crippen LogP contribution in [0.3, 0.4) is 0 Å². The molecule has 0 spiro atoms. The maximum atomic E-state index is 2.52. The molecular weight excluding hydrogens is 316 g/mol. The molecule has 0 fully saturated rings. The molecule has 130 valence electrons. The van der Waals surface area contributed by atoms with Gasteiger partial charge in [0.15, 0.2) is 0 Å². The van der Waals surface area contributed by atoms with Crippen molar-refractivity contribution in [2.45, 2.75) is 40.0 Å². The van der Waals surface area contributed by atoms with Crippen molar-refractivity contribution in [3.8, 4) is 5.82 Å². The molecule has 1 aliphatic heterocycles. The molecule has 3 heterocycles. The zero-order valence-electron chi connectivity index (χ0n) is 16.4. The molecule has 0 atom stereocenters. The molecule has 0 amide bonds. The number of nitrogens with zero attached hydrogens (tertiary/aromatic N) is 2. The minimum atomic E-state index is -0.0268. The van der Waals surface area contributed by atoms with Crippen LogP contribution in [0.4, 0.5) is 0 Å². The van der Waals surface area contributed by atoms with Gasteiger partial charge in [-0.1, -0.05) is 38.1 Å². The highest BCUT2D eigenvalue weighted by Gasteiger charge is 2.42. The molecule has 0 saturated carbocycles. The highest BCUT2D eigenvalue weighted by atomic mass is 15.1. The van der Waals surface area contributed by atoms with Crippen molar-refractivity contribution in [1.29, 1.82) is 0 Å². The van der Waals surface area contributed by atoms with Gasteiger partial charge >= 0.3 is 0 Å². The predicted molar refractivity (Wildman–Crippen MR) is 108 cm³/mol. The molecule has 26 heavy (non-hydrogen) atoms. The SMILES string of the molecule is Cc1c[n+](C)c2c(c1C)C(C)(C)c1cccc3c4cccc(C)c4n-2c13. The average molecular weight is 341 g/mol. The van der Waals surface area contributed by atoms with Crippen LogP contribution >= 0.6 is 0 Å². The first-order chi connectivity index (χ1) is 12.3. The van der Waals surface area contributed by atoms with Gasteiger partial charge in [-0.3, -0.25) is 0 Å². The summed E-state index contributed by atoms with van der Waals surface area (Å²) in [5.41, 5.74) is 9.63. The molecule has 4 aromatic rings.